The minimum atomic E-state index is -2.58. The number of allylic oxidation sites excluding steroid dienone is 4. The molecule has 0 heterocycles. The summed E-state index contributed by atoms with van der Waals surface area (Å²) in [6.45, 7) is 26.3. The van der Waals surface area contributed by atoms with Gasteiger partial charge in [0, 0.05) is 0 Å². The molecule has 0 nitrogen and oxygen atoms in total. The third-order valence-electron chi connectivity index (χ3n) is 8.91. The molecule has 0 N–H and O–H groups in total. The monoisotopic (exact) mass is 676 g/mol. The number of hydrogen-bond donors (Lipinski definition) is 0. The molecule has 0 fully saturated rings. The summed E-state index contributed by atoms with van der Waals surface area (Å²) in [5.74, 6) is 0.489. The Morgan fingerprint density at radius 2 is 1.36 bits per heavy atom. The molecule has 0 amide bonds. The first-order valence-electron chi connectivity index (χ1n) is 15.1. The van der Waals surface area contributed by atoms with Gasteiger partial charge in [-0.25, -0.2) is 0 Å². The molecule has 2 aliphatic rings. The van der Waals surface area contributed by atoms with Crippen molar-refractivity contribution in [1.29, 1.82) is 0 Å². The van der Waals surface area contributed by atoms with Crippen molar-refractivity contribution >= 4 is 6.98 Å². The fraction of sp³-hybridized carbons (Fsp3) is 0.410. The Morgan fingerprint density at radius 3 is 1.90 bits per heavy atom. The van der Waals surface area contributed by atoms with Crippen LogP contribution in [0.1, 0.15) is 104 Å². The van der Waals surface area contributed by atoms with Gasteiger partial charge in [-0.1, -0.05) is 0 Å². The molecule has 0 spiro atoms. The van der Waals surface area contributed by atoms with Gasteiger partial charge in [-0.3, -0.25) is 0 Å². The van der Waals surface area contributed by atoms with Gasteiger partial charge in [-0.05, 0) is 0 Å². The quantitative estimate of drug-likeness (QED) is 0.309. The predicted octanol–water partition coefficient (Wildman–Crippen LogP) is 3.85. The number of halogens is 2. The first kappa shape index (κ1) is 35.0. The van der Waals surface area contributed by atoms with E-state index in [1.807, 2.05) is 0 Å². The summed E-state index contributed by atoms with van der Waals surface area (Å²) in [5.41, 5.74) is 14.0. The summed E-state index contributed by atoms with van der Waals surface area (Å²) < 4.78 is 6.25. The van der Waals surface area contributed by atoms with E-state index >= 15 is 0 Å². The maximum Gasteiger partial charge on any atom is -1.00 e. The second-order valence-electron chi connectivity index (χ2n) is 15.2. The zero-order chi connectivity index (χ0) is 29.2. The van der Waals surface area contributed by atoms with Gasteiger partial charge in [0.2, 0.25) is 0 Å². The molecule has 0 aromatic heterocycles. The maximum atomic E-state index is 2.76. The second-order valence-corrected chi connectivity index (χ2v) is 20.5. The van der Waals surface area contributed by atoms with Crippen molar-refractivity contribution < 1.29 is 46.1 Å². The van der Waals surface area contributed by atoms with Gasteiger partial charge in [-0.15, -0.1) is 0 Å². The van der Waals surface area contributed by atoms with E-state index < -0.39 is 21.3 Å². The van der Waals surface area contributed by atoms with Crippen LogP contribution in [-0.2, 0) is 38.5 Å². The summed E-state index contributed by atoms with van der Waals surface area (Å²) in [4.78, 5) is 0. The molecule has 0 aliphatic heterocycles. The van der Waals surface area contributed by atoms with Crippen LogP contribution in [0.4, 0.5) is 0 Å². The van der Waals surface area contributed by atoms with Crippen LogP contribution in [0.3, 0.4) is 0 Å². The molecular formula is C39H48Cl2Zr. The van der Waals surface area contributed by atoms with E-state index in [1.54, 1.807) is 28.8 Å². The van der Waals surface area contributed by atoms with E-state index in [2.05, 4.69) is 147 Å². The van der Waals surface area contributed by atoms with E-state index in [9.17, 15) is 0 Å². The van der Waals surface area contributed by atoms with Crippen molar-refractivity contribution in [2.24, 2.45) is 11.3 Å². The molecule has 222 valence electrons. The molecule has 1 unspecified atom stereocenters. The Bertz CT molecular complexity index is 1570. The van der Waals surface area contributed by atoms with Gasteiger partial charge in [0.05, 0.1) is 0 Å². The Balaban J connectivity index is 0.00000242. The molecule has 2 aliphatic carbocycles. The second kappa shape index (κ2) is 12.5. The fourth-order valence-corrected chi connectivity index (χ4v) is 15.5. The minimum Gasteiger partial charge on any atom is -1.00 e. The van der Waals surface area contributed by atoms with Gasteiger partial charge in [0.15, 0.2) is 0 Å². The molecule has 0 saturated carbocycles. The zero-order valence-corrected chi connectivity index (χ0v) is 31.4. The first-order valence-corrected chi connectivity index (χ1v) is 19.0. The summed E-state index contributed by atoms with van der Waals surface area (Å²) in [6.07, 6.45) is 3.65. The molecule has 3 heteroatoms. The number of benzene rings is 3. The molecule has 0 bridgehead atoms. The largest absolute Gasteiger partial charge is 1.00 e. The van der Waals surface area contributed by atoms with E-state index in [0.29, 0.717) is 5.92 Å². The average molecular weight is 679 g/mol. The van der Waals surface area contributed by atoms with Crippen LogP contribution >= 0.6 is 0 Å². The maximum absolute atomic E-state index is 2.76. The van der Waals surface area contributed by atoms with Crippen LogP contribution in [-0.4, -0.2) is 3.71 Å². The summed E-state index contributed by atoms with van der Waals surface area (Å²) in [5, 5.41) is 0. The topological polar surface area (TPSA) is 0 Å². The molecule has 1 atom stereocenters. The van der Waals surface area contributed by atoms with Gasteiger partial charge in [0.25, 0.3) is 0 Å². The van der Waals surface area contributed by atoms with Gasteiger partial charge in [0.1, 0.15) is 0 Å². The normalized spacial score (nSPS) is 16.5. The van der Waals surface area contributed by atoms with Crippen molar-refractivity contribution in [3.63, 3.8) is 0 Å². The van der Waals surface area contributed by atoms with Crippen LogP contribution in [0.15, 0.2) is 81.2 Å². The van der Waals surface area contributed by atoms with Crippen molar-refractivity contribution in [2.45, 2.75) is 93.4 Å². The molecule has 0 radical (unpaired) electrons. The van der Waals surface area contributed by atoms with E-state index in [0.717, 1.165) is 6.42 Å². The molecule has 0 saturated heterocycles. The Labute approximate surface area is 276 Å². The molecule has 5 rings (SSSR count). The van der Waals surface area contributed by atoms with Gasteiger partial charge >= 0.3 is 253 Å². The summed E-state index contributed by atoms with van der Waals surface area (Å²) >= 11 is -2.58. The average Bonchev–Trinajstić information content (AvgIpc) is 3.37. The molecule has 42 heavy (non-hydrogen) atoms. The van der Waals surface area contributed by atoms with Crippen LogP contribution in [0.25, 0.3) is 11.1 Å². The smallest absolute Gasteiger partial charge is 1.00 e. The van der Waals surface area contributed by atoms with Crippen LogP contribution in [0, 0.1) is 11.3 Å². The summed E-state index contributed by atoms with van der Waals surface area (Å²) in [7, 11) is 0. The standard InChI is InChI=1S/C21H25.C11H17.C7H6.2ClH.Zr/c1-20(2,3)16-7-9-18-14(12-16)11-15-13-17(21(4,5)6)8-10-19(15)18;1-8-6-9(2)10(7-8)11(3,4)5;1-7-5-3-2-4-6-7;;;/h7-10,12H,11H2,1-6H3;7-8H,1-5H3;1-6H;2*1H;/q;;;;;+2/p-2. The van der Waals surface area contributed by atoms with E-state index in [-0.39, 0.29) is 41.1 Å². The van der Waals surface area contributed by atoms with E-state index in [1.165, 1.54) is 27.8 Å². The third-order valence-corrected chi connectivity index (χ3v) is 16.6. The molecule has 3 aromatic rings. The zero-order valence-electron chi connectivity index (χ0n) is 27.5. The first-order chi connectivity index (χ1) is 18.6. The number of fused-ring (bicyclic) bond motifs is 3. The Kier molecular flexibility index (Phi) is 10.4. The van der Waals surface area contributed by atoms with Crippen molar-refractivity contribution in [3.05, 3.63) is 109 Å². The van der Waals surface area contributed by atoms with Gasteiger partial charge < -0.3 is 24.8 Å². The van der Waals surface area contributed by atoms with Gasteiger partial charge in [-0.2, -0.15) is 0 Å². The van der Waals surface area contributed by atoms with E-state index in [4.69, 9.17) is 0 Å². The van der Waals surface area contributed by atoms with Crippen molar-refractivity contribution in [3.8, 4) is 11.1 Å². The number of hydrogen-bond acceptors (Lipinski definition) is 0. The fourth-order valence-electron chi connectivity index (χ4n) is 6.88. The Morgan fingerprint density at radius 1 is 0.738 bits per heavy atom. The number of rotatable bonds is 3. The minimum absolute atomic E-state index is 0. The van der Waals surface area contributed by atoms with Crippen LogP contribution < -0.4 is 28.1 Å². The predicted molar refractivity (Wildman–Crippen MR) is 173 cm³/mol. The third kappa shape index (κ3) is 6.60. The molecular weight excluding hydrogens is 631 g/mol. The van der Waals surface area contributed by atoms with Crippen LogP contribution in [0.2, 0.25) is 0 Å². The van der Waals surface area contributed by atoms with Crippen molar-refractivity contribution in [1.82, 2.24) is 0 Å². The van der Waals surface area contributed by atoms with Crippen molar-refractivity contribution in [2.75, 3.05) is 0 Å². The Hall–Kier alpha value is -1.53. The van der Waals surface area contributed by atoms with Crippen LogP contribution in [0.5, 0.6) is 0 Å². The molecule has 3 aromatic carbocycles. The SMILES string of the molecule is CC1=[C](/[Zr+2](=[CH]/c2ccccc2)[c]2c(C(C)(C)C)ccc3c2Cc2cc(C(C)(C)C)ccc2-3)C(C)C=C1C(C)(C)C.[Cl-].[Cl-]. The summed E-state index contributed by atoms with van der Waals surface area (Å²) in [6, 6.07) is 23.4.